The SMILES string of the molecule is O=S(=O)(Nc1ccc(Oc2cc(-n3cccn3)ncn2)cc1)c1cccc(C(F)(F)F)c1. The van der Waals surface area contributed by atoms with Gasteiger partial charge in [0.25, 0.3) is 10.0 Å². The zero-order chi connectivity index (χ0) is 22.8. The monoisotopic (exact) mass is 461 g/mol. The normalized spacial score (nSPS) is 11.8. The van der Waals surface area contributed by atoms with Crippen molar-refractivity contribution >= 4 is 15.7 Å². The minimum atomic E-state index is -4.65. The van der Waals surface area contributed by atoms with Crippen LogP contribution < -0.4 is 9.46 Å². The van der Waals surface area contributed by atoms with Crippen molar-refractivity contribution in [2.24, 2.45) is 0 Å². The van der Waals surface area contributed by atoms with E-state index in [-0.39, 0.29) is 11.6 Å². The molecule has 8 nitrogen and oxygen atoms in total. The maximum Gasteiger partial charge on any atom is 0.416 e. The van der Waals surface area contributed by atoms with Crippen molar-refractivity contribution < 1.29 is 26.3 Å². The molecular formula is C20H14F3N5O3S. The van der Waals surface area contributed by atoms with Crippen LogP contribution in [-0.4, -0.2) is 28.2 Å². The van der Waals surface area contributed by atoms with E-state index in [1.54, 1.807) is 24.5 Å². The molecule has 0 unspecified atom stereocenters. The summed E-state index contributed by atoms with van der Waals surface area (Å²) in [7, 11) is -4.22. The van der Waals surface area contributed by atoms with E-state index in [9.17, 15) is 21.6 Å². The fourth-order valence-electron chi connectivity index (χ4n) is 2.68. The Labute approximate surface area is 180 Å². The van der Waals surface area contributed by atoms with E-state index in [1.807, 2.05) is 0 Å². The molecule has 2 aromatic carbocycles. The number of anilines is 1. The van der Waals surface area contributed by atoms with Crippen molar-refractivity contribution in [2.45, 2.75) is 11.1 Å². The Kier molecular flexibility index (Phi) is 5.53. The Morgan fingerprint density at radius 2 is 1.75 bits per heavy atom. The lowest BCUT2D eigenvalue weighted by Gasteiger charge is -2.11. The number of halogens is 3. The van der Waals surface area contributed by atoms with Gasteiger partial charge in [0.1, 0.15) is 12.1 Å². The summed E-state index contributed by atoms with van der Waals surface area (Å²) in [5.74, 6) is 1.09. The molecular weight excluding hydrogens is 447 g/mol. The largest absolute Gasteiger partial charge is 0.439 e. The van der Waals surface area contributed by atoms with Crippen LogP contribution in [0.25, 0.3) is 5.82 Å². The molecule has 4 aromatic rings. The molecule has 0 atom stereocenters. The van der Waals surface area contributed by atoms with Crippen LogP contribution in [-0.2, 0) is 16.2 Å². The van der Waals surface area contributed by atoms with Crippen LogP contribution in [0.5, 0.6) is 11.6 Å². The third kappa shape index (κ3) is 4.86. The van der Waals surface area contributed by atoms with Gasteiger partial charge in [0, 0.05) is 24.1 Å². The first kappa shape index (κ1) is 21.3. The molecule has 2 heterocycles. The molecule has 0 aliphatic carbocycles. The Hall–Kier alpha value is -3.93. The van der Waals surface area contributed by atoms with Crippen LogP contribution in [0.4, 0.5) is 18.9 Å². The Balaban J connectivity index is 1.48. The molecule has 0 aliphatic rings. The predicted octanol–water partition coefficient (Wildman–Crippen LogP) is 4.27. The quantitative estimate of drug-likeness (QED) is 0.460. The maximum absolute atomic E-state index is 12.9. The molecule has 32 heavy (non-hydrogen) atoms. The number of rotatable bonds is 6. The minimum absolute atomic E-state index is 0.148. The first-order valence-corrected chi connectivity index (χ1v) is 10.5. The molecule has 0 aliphatic heterocycles. The molecule has 0 saturated carbocycles. The minimum Gasteiger partial charge on any atom is -0.439 e. The molecule has 12 heteroatoms. The summed E-state index contributed by atoms with van der Waals surface area (Å²) in [5.41, 5.74) is -0.905. The number of hydrogen-bond acceptors (Lipinski definition) is 6. The molecule has 164 valence electrons. The highest BCUT2D eigenvalue weighted by molar-refractivity contribution is 7.92. The number of nitrogens with zero attached hydrogens (tertiary/aromatic N) is 4. The first-order valence-electron chi connectivity index (χ1n) is 9.01. The first-order chi connectivity index (χ1) is 15.2. The second-order valence-corrected chi connectivity index (χ2v) is 8.11. The Bertz CT molecular complexity index is 1330. The number of benzene rings is 2. The van der Waals surface area contributed by atoms with E-state index < -0.39 is 26.7 Å². The van der Waals surface area contributed by atoms with Crippen molar-refractivity contribution in [2.75, 3.05) is 4.72 Å². The highest BCUT2D eigenvalue weighted by Gasteiger charge is 2.31. The topological polar surface area (TPSA) is 99.0 Å². The van der Waals surface area contributed by atoms with Gasteiger partial charge in [-0.15, -0.1) is 0 Å². The summed E-state index contributed by atoms with van der Waals surface area (Å²) in [5, 5.41) is 4.07. The average molecular weight is 461 g/mol. The molecule has 0 bridgehead atoms. The van der Waals surface area contributed by atoms with Crippen molar-refractivity contribution in [3.05, 3.63) is 84.9 Å². The molecule has 0 amide bonds. The van der Waals surface area contributed by atoms with Gasteiger partial charge in [-0.2, -0.15) is 18.3 Å². The van der Waals surface area contributed by atoms with Crippen molar-refractivity contribution in [1.82, 2.24) is 19.7 Å². The van der Waals surface area contributed by atoms with Crippen LogP contribution in [0, 0.1) is 0 Å². The Morgan fingerprint density at radius 1 is 0.969 bits per heavy atom. The number of sulfonamides is 1. The van der Waals surface area contributed by atoms with Gasteiger partial charge in [0.2, 0.25) is 5.88 Å². The smallest absolute Gasteiger partial charge is 0.416 e. The van der Waals surface area contributed by atoms with Crippen LogP contribution in [0.3, 0.4) is 0 Å². The number of aromatic nitrogens is 4. The van der Waals surface area contributed by atoms with E-state index in [2.05, 4.69) is 19.8 Å². The van der Waals surface area contributed by atoms with Gasteiger partial charge in [-0.1, -0.05) is 6.07 Å². The third-order valence-corrected chi connectivity index (χ3v) is 5.55. The van der Waals surface area contributed by atoms with Crippen LogP contribution >= 0.6 is 0 Å². The summed E-state index contributed by atoms with van der Waals surface area (Å²) in [6.07, 6.45) is -0.0358. The van der Waals surface area contributed by atoms with E-state index in [4.69, 9.17) is 4.74 Å². The summed E-state index contributed by atoms with van der Waals surface area (Å²) in [6, 6.07) is 12.6. The zero-order valence-electron chi connectivity index (χ0n) is 16.1. The fraction of sp³-hybridized carbons (Fsp3) is 0.0500. The van der Waals surface area contributed by atoms with Gasteiger partial charge in [0.05, 0.1) is 10.5 Å². The lowest BCUT2D eigenvalue weighted by Crippen LogP contribution is -2.14. The summed E-state index contributed by atoms with van der Waals surface area (Å²) in [6.45, 7) is 0. The molecule has 1 N–H and O–H groups in total. The molecule has 0 fully saturated rings. The summed E-state index contributed by atoms with van der Waals surface area (Å²) < 4.78 is 73.0. The van der Waals surface area contributed by atoms with Crippen molar-refractivity contribution in [3.8, 4) is 17.4 Å². The molecule has 0 spiro atoms. The second-order valence-electron chi connectivity index (χ2n) is 6.42. The van der Waals surface area contributed by atoms with E-state index in [0.29, 0.717) is 17.6 Å². The highest BCUT2D eigenvalue weighted by atomic mass is 32.2. The van der Waals surface area contributed by atoms with E-state index in [0.717, 1.165) is 18.2 Å². The zero-order valence-corrected chi connectivity index (χ0v) is 16.9. The lowest BCUT2D eigenvalue weighted by molar-refractivity contribution is -0.137. The summed E-state index contributed by atoms with van der Waals surface area (Å²) in [4.78, 5) is 7.61. The lowest BCUT2D eigenvalue weighted by atomic mass is 10.2. The van der Waals surface area contributed by atoms with Gasteiger partial charge in [-0.25, -0.2) is 23.1 Å². The number of nitrogens with one attached hydrogen (secondary N) is 1. The molecule has 2 aromatic heterocycles. The van der Waals surface area contributed by atoms with Gasteiger partial charge in [-0.05, 0) is 48.5 Å². The fourth-order valence-corrected chi connectivity index (χ4v) is 3.78. The summed E-state index contributed by atoms with van der Waals surface area (Å²) >= 11 is 0. The highest BCUT2D eigenvalue weighted by Crippen LogP contribution is 2.31. The van der Waals surface area contributed by atoms with Gasteiger partial charge in [0.15, 0.2) is 5.82 Å². The van der Waals surface area contributed by atoms with E-state index in [1.165, 1.54) is 35.3 Å². The van der Waals surface area contributed by atoms with Crippen LogP contribution in [0.1, 0.15) is 5.56 Å². The standard InChI is InChI=1S/C20H14F3N5O3S/c21-20(22,23)14-3-1-4-17(11-14)32(29,30)27-15-5-7-16(8-6-15)31-19-12-18(24-13-25-19)28-10-2-9-26-28/h1-13,27H. The van der Waals surface area contributed by atoms with Gasteiger partial charge >= 0.3 is 6.18 Å². The molecule has 0 radical (unpaired) electrons. The number of ether oxygens (including phenoxy) is 1. The van der Waals surface area contributed by atoms with Gasteiger partial charge in [-0.3, -0.25) is 4.72 Å². The molecule has 0 saturated heterocycles. The third-order valence-electron chi connectivity index (χ3n) is 4.17. The van der Waals surface area contributed by atoms with Crippen LogP contribution in [0.2, 0.25) is 0 Å². The van der Waals surface area contributed by atoms with E-state index >= 15 is 0 Å². The number of hydrogen-bond donors (Lipinski definition) is 1. The van der Waals surface area contributed by atoms with Crippen molar-refractivity contribution in [1.29, 1.82) is 0 Å². The van der Waals surface area contributed by atoms with Crippen LogP contribution in [0.15, 0.2) is 84.3 Å². The van der Waals surface area contributed by atoms with Crippen molar-refractivity contribution in [3.63, 3.8) is 0 Å². The molecule has 4 rings (SSSR count). The van der Waals surface area contributed by atoms with Gasteiger partial charge < -0.3 is 4.74 Å². The maximum atomic E-state index is 12.9. The average Bonchev–Trinajstić information content (AvgIpc) is 3.30. The second kappa shape index (κ2) is 8.30. The Morgan fingerprint density at radius 3 is 2.44 bits per heavy atom. The number of alkyl halides is 3. The predicted molar refractivity (Wildman–Crippen MR) is 108 cm³/mol.